The number of benzene rings is 1. The van der Waals surface area contributed by atoms with Crippen molar-refractivity contribution < 1.29 is 0 Å². The minimum absolute atomic E-state index is 0.669. The lowest BCUT2D eigenvalue weighted by Gasteiger charge is -2.21. The summed E-state index contributed by atoms with van der Waals surface area (Å²) in [5.41, 5.74) is 11.3. The minimum atomic E-state index is 0.669. The van der Waals surface area contributed by atoms with Gasteiger partial charge in [0.25, 0.3) is 0 Å². The number of aromatic nitrogens is 1. The van der Waals surface area contributed by atoms with E-state index < -0.39 is 0 Å². The van der Waals surface area contributed by atoms with E-state index in [4.69, 9.17) is 11.1 Å². The van der Waals surface area contributed by atoms with Crippen LogP contribution in [0.4, 0.5) is 5.69 Å². The second kappa shape index (κ2) is 8.43. The standard InChI is InChI=1S/C20H27N3S/c21-18(9-5-4-8-15-6-2-1-3-7-15)17-12-16(10-11-19(17)22)20-13-23-14-24-20/h10-15,21H,1-9,22H2. The third kappa shape index (κ3) is 4.44. The predicted octanol–water partition coefficient (Wildman–Crippen LogP) is 5.90. The molecule has 0 saturated heterocycles. The molecule has 1 saturated carbocycles. The molecule has 1 aromatic carbocycles. The second-order valence-electron chi connectivity index (χ2n) is 6.90. The summed E-state index contributed by atoms with van der Waals surface area (Å²) < 4.78 is 0. The molecule has 0 amide bonds. The van der Waals surface area contributed by atoms with Crippen LogP contribution in [-0.4, -0.2) is 10.7 Å². The van der Waals surface area contributed by atoms with Crippen LogP contribution in [0.25, 0.3) is 10.4 Å². The number of unbranched alkanes of at least 4 members (excludes halogenated alkanes) is 1. The van der Waals surface area contributed by atoms with Crippen LogP contribution in [0.15, 0.2) is 29.9 Å². The van der Waals surface area contributed by atoms with Crippen LogP contribution in [0.3, 0.4) is 0 Å². The Kier molecular flexibility index (Phi) is 6.02. The molecule has 0 radical (unpaired) electrons. The summed E-state index contributed by atoms with van der Waals surface area (Å²) in [6.07, 6.45) is 13.5. The van der Waals surface area contributed by atoms with Crippen molar-refractivity contribution in [2.75, 3.05) is 5.73 Å². The van der Waals surface area contributed by atoms with E-state index in [0.717, 1.165) is 34.8 Å². The van der Waals surface area contributed by atoms with E-state index in [-0.39, 0.29) is 0 Å². The maximum Gasteiger partial charge on any atom is 0.0797 e. The topological polar surface area (TPSA) is 62.8 Å². The molecular formula is C20H27N3S. The van der Waals surface area contributed by atoms with Crippen LogP contribution in [-0.2, 0) is 0 Å². The highest BCUT2D eigenvalue weighted by Gasteiger charge is 2.13. The van der Waals surface area contributed by atoms with E-state index in [9.17, 15) is 0 Å². The molecule has 4 heteroatoms. The van der Waals surface area contributed by atoms with Gasteiger partial charge in [0, 0.05) is 23.2 Å². The highest BCUT2D eigenvalue weighted by molar-refractivity contribution is 7.13. The molecule has 128 valence electrons. The van der Waals surface area contributed by atoms with E-state index in [1.54, 1.807) is 11.3 Å². The van der Waals surface area contributed by atoms with Gasteiger partial charge in [-0.3, -0.25) is 4.98 Å². The average molecular weight is 342 g/mol. The third-order valence-electron chi connectivity index (χ3n) is 5.11. The summed E-state index contributed by atoms with van der Waals surface area (Å²) in [5.74, 6) is 0.938. The van der Waals surface area contributed by atoms with Crippen molar-refractivity contribution in [3.63, 3.8) is 0 Å². The van der Waals surface area contributed by atoms with Gasteiger partial charge in [-0.25, -0.2) is 0 Å². The van der Waals surface area contributed by atoms with E-state index in [0.29, 0.717) is 11.4 Å². The maximum absolute atomic E-state index is 8.42. The van der Waals surface area contributed by atoms with Crippen molar-refractivity contribution in [3.05, 3.63) is 35.5 Å². The summed E-state index contributed by atoms with van der Waals surface area (Å²) in [6, 6.07) is 5.98. The van der Waals surface area contributed by atoms with Crippen LogP contribution in [0.1, 0.15) is 63.4 Å². The Bertz CT molecular complexity index is 658. The number of rotatable bonds is 7. The first-order valence-corrected chi connectivity index (χ1v) is 9.98. The molecule has 1 heterocycles. The molecule has 0 atom stereocenters. The van der Waals surface area contributed by atoms with Crippen LogP contribution in [0, 0.1) is 11.3 Å². The van der Waals surface area contributed by atoms with Gasteiger partial charge in [-0.15, -0.1) is 11.3 Å². The van der Waals surface area contributed by atoms with Crippen molar-refractivity contribution in [1.82, 2.24) is 4.98 Å². The molecular weight excluding hydrogens is 314 g/mol. The molecule has 24 heavy (non-hydrogen) atoms. The summed E-state index contributed by atoms with van der Waals surface area (Å²) in [7, 11) is 0. The molecule has 1 aromatic heterocycles. The van der Waals surface area contributed by atoms with Crippen molar-refractivity contribution in [1.29, 1.82) is 5.41 Å². The molecule has 3 rings (SSSR count). The molecule has 1 aliphatic carbocycles. The predicted molar refractivity (Wildman–Crippen MR) is 104 cm³/mol. The lowest BCUT2D eigenvalue weighted by atomic mass is 9.85. The first kappa shape index (κ1) is 17.2. The van der Waals surface area contributed by atoms with Gasteiger partial charge in [0.2, 0.25) is 0 Å². The van der Waals surface area contributed by atoms with Gasteiger partial charge in [0.15, 0.2) is 0 Å². The zero-order chi connectivity index (χ0) is 16.8. The van der Waals surface area contributed by atoms with Crippen molar-refractivity contribution in [2.45, 2.75) is 57.8 Å². The molecule has 0 aliphatic heterocycles. The number of nitrogens with one attached hydrogen (secondary N) is 1. The van der Waals surface area contributed by atoms with Gasteiger partial charge < -0.3 is 11.1 Å². The zero-order valence-corrected chi connectivity index (χ0v) is 15.1. The third-order valence-corrected chi connectivity index (χ3v) is 5.93. The van der Waals surface area contributed by atoms with E-state index in [1.165, 1.54) is 44.9 Å². The summed E-state index contributed by atoms with van der Waals surface area (Å²) in [5, 5.41) is 8.42. The number of hydrogen-bond donors (Lipinski definition) is 2. The zero-order valence-electron chi connectivity index (χ0n) is 14.3. The molecule has 1 aliphatic rings. The quantitative estimate of drug-likeness (QED) is 0.374. The average Bonchev–Trinajstić information content (AvgIpc) is 3.14. The summed E-state index contributed by atoms with van der Waals surface area (Å²) in [4.78, 5) is 5.26. The van der Waals surface area contributed by atoms with Gasteiger partial charge in [-0.05, 0) is 36.5 Å². The van der Waals surface area contributed by atoms with Gasteiger partial charge in [0.1, 0.15) is 0 Å². The number of anilines is 1. The van der Waals surface area contributed by atoms with Crippen molar-refractivity contribution in [2.24, 2.45) is 5.92 Å². The second-order valence-corrected chi connectivity index (χ2v) is 7.78. The SMILES string of the molecule is N=C(CCCCC1CCCCC1)c1cc(-c2cncs2)ccc1N. The fourth-order valence-corrected chi connectivity index (χ4v) is 4.29. The van der Waals surface area contributed by atoms with Crippen LogP contribution >= 0.6 is 11.3 Å². The number of nitrogens with two attached hydrogens (primary N) is 1. The van der Waals surface area contributed by atoms with Gasteiger partial charge in [0.05, 0.1) is 10.4 Å². The fraction of sp³-hybridized carbons (Fsp3) is 0.500. The lowest BCUT2D eigenvalue weighted by molar-refractivity contribution is 0.330. The maximum atomic E-state index is 8.42. The van der Waals surface area contributed by atoms with E-state index in [2.05, 4.69) is 4.98 Å². The Morgan fingerprint density at radius 2 is 2.04 bits per heavy atom. The first-order valence-electron chi connectivity index (χ1n) is 9.10. The number of nitrogen functional groups attached to an aromatic ring is 1. The summed E-state index contributed by atoms with van der Waals surface area (Å²) in [6.45, 7) is 0. The Morgan fingerprint density at radius 3 is 2.79 bits per heavy atom. The summed E-state index contributed by atoms with van der Waals surface area (Å²) >= 11 is 1.62. The largest absolute Gasteiger partial charge is 0.398 e. The Balaban J connectivity index is 1.53. The molecule has 0 spiro atoms. The normalized spacial score (nSPS) is 15.5. The van der Waals surface area contributed by atoms with Crippen LogP contribution in [0.5, 0.6) is 0 Å². The number of hydrogen-bond acceptors (Lipinski definition) is 4. The minimum Gasteiger partial charge on any atom is -0.398 e. The van der Waals surface area contributed by atoms with E-state index in [1.807, 2.05) is 29.9 Å². The highest BCUT2D eigenvalue weighted by atomic mass is 32.1. The Hall–Kier alpha value is -1.68. The van der Waals surface area contributed by atoms with Crippen molar-refractivity contribution in [3.8, 4) is 10.4 Å². The fourth-order valence-electron chi connectivity index (χ4n) is 3.67. The van der Waals surface area contributed by atoms with E-state index >= 15 is 0 Å². The Morgan fingerprint density at radius 1 is 1.21 bits per heavy atom. The molecule has 3 N–H and O–H groups in total. The van der Waals surface area contributed by atoms with Crippen LogP contribution in [0.2, 0.25) is 0 Å². The van der Waals surface area contributed by atoms with Crippen LogP contribution < -0.4 is 5.73 Å². The van der Waals surface area contributed by atoms with Gasteiger partial charge in [-0.1, -0.05) is 51.0 Å². The molecule has 0 unspecified atom stereocenters. The lowest BCUT2D eigenvalue weighted by Crippen LogP contribution is -2.07. The highest BCUT2D eigenvalue weighted by Crippen LogP contribution is 2.29. The molecule has 1 fully saturated rings. The van der Waals surface area contributed by atoms with Gasteiger partial charge in [-0.2, -0.15) is 0 Å². The smallest absolute Gasteiger partial charge is 0.0797 e. The molecule has 2 aromatic rings. The Labute approximate surface area is 148 Å². The van der Waals surface area contributed by atoms with Crippen molar-refractivity contribution >= 4 is 22.7 Å². The molecule has 0 bridgehead atoms. The molecule has 3 nitrogen and oxygen atoms in total. The first-order chi connectivity index (χ1) is 11.7. The number of thiazole rings is 1. The number of nitrogens with zero attached hydrogens (tertiary/aromatic N) is 1. The monoisotopic (exact) mass is 341 g/mol. The van der Waals surface area contributed by atoms with Gasteiger partial charge >= 0.3 is 0 Å².